The first kappa shape index (κ1) is 16.4. The second-order valence-electron chi connectivity index (χ2n) is 4.12. The van der Waals surface area contributed by atoms with E-state index in [1.165, 1.54) is 23.1 Å². The number of thioether (sulfide) groups is 1. The molecule has 0 saturated carbocycles. The number of nitrogens with two attached hydrogens (primary N) is 1. The van der Waals surface area contributed by atoms with Crippen molar-refractivity contribution in [1.29, 1.82) is 0 Å². The largest absolute Gasteiger partial charge is 0.497 e. The number of benzene rings is 1. The van der Waals surface area contributed by atoms with E-state index < -0.39 is 0 Å². The van der Waals surface area contributed by atoms with Gasteiger partial charge in [0.2, 0.25) is 11.0 Å². The molecule has 0 unspecified atom stereocenters. The van der Waals surface area contributed by atoms with Gasteiger partial charge in [-0.1, -0.05) is 23.1 Å². The summed E-state index contributed by atoms with van der Waals surface area (Å²) < 4.78 is 11.1. The molecule has 0 atom stereocenters. The first-order valence-electron chi connectivity index (χ1n) is 6.36. The Bertz CT molecular complexity index is 648. The van der Waals surface area contributed by atoms with Crippen LogP contribution in [0, 0.1) is 0 Å². The molecule has 22 heavy (non-hydrogen) atoms. The highest BCUT2D eigenvalue weighted by Gasteiger charge is 2.10. The van der Waals surface area contributed by atoms with Crippen LogP contribution in [0.25, 0.3) is 0 Å². The Balaban J connectivity index is 1.88. The average molecular weight is 340 g/mol. The molecule has 0 bridgehead atoms. The van der Waals surface area contributed by atoms with Crippen molar-refractivity contribution < 1.29 is 14.3 Å². The topological polar surface area (TPSA) is 99.4 Å². The summed E-state index contributed by atoms with van der Waals surface area (Å²) in [7, 11) is 3.12. The number of nitrogens with zero attached hydrogens (tertiary/aromatic N) is 2. The number of nitrogen functional groups attached to an aromatic ring is 1. The standard InChI is InChI=1S/C13H16N4O3S2/c1-19-8-3-4-10(20-2)9(7-8)15-11(18)5-6-21-13-17-16-12(14)22-13/h3-4,7H,5-6H2,1-2H3,(H2,14,16)(H,15,18). The lowest BCUT2D eigenvalue weighted by Crippen LogP contribution is -2.13. The van der Waals surface area contributed by atoms with Gasteiger partial charge in [0.05, 0.1) is 19.9 Å². The zero-order chi connectivity index (χ0) is 15.9. The molecule has 0 fully saturated rings. The van der Waals surface area contributed by atoms with E-state index in [4.69, 9.17) is 15.2 Å². The van der Waals surface area contributed by atoms with Gasteiger partial charge in [0.1, 0.15) is 11.5 Å². The summed E-state index contributed by atoms with van der Waals surface area (Å²) in [6, 6.07) is 5.23. The summed E-state index contributed by atoms with van der Waals surface area (Å²) in [5.41, 5.74) is 6.08. The number of carbonyl (C=O) groups is 1. The number of hydrogen-bond donors (Lipinski definition) is 2. The SMILES string of the molecule is COc1ccc(OC)c(NC(=O)CCSc2nnc(N)s2)c1. The summed E-state index contributed by atoms with van der Waals surface area (Å²) in [5.74, 6) is 1.71. The van der Waals surface area contributed by atoms with Crippen LogP contribution in [0.1, 0.15) is 6.42 Å². The molecule has 2 rings (SSSR count). The van der Waals surface area contributed by atoms with E-state index in [0.717, 1.165) is 4.34 Å². The van der Waals surface area contributed by atoms with Gasteiger partial charge in [-0.25, -0.2) is 0 Å². The third-order valence-corrected chi connectivity index (χ3v) is 4.54. The number of hydrogen-bond acceptors (Lipinski definition) is 8. The monoisotopic (exact) mass is 340 g/mol. The number of rotatable bonds is 7. The number of methoxy groups -OCH3 is 2. The summed E-state index contributed by atoms with van der Waals surface area (Å²) >= 11 is 2.75. The Morgan fingerprint density at radius 1 is 1.36 bits per heavy atom. The molecule has 0 spiro atoms. The molecule has 2 aromatic rings. The Morgan fingerprint density at radius 3 is 2.82 bits per heavy atom. The highest BCUT2D eigenvalue weighted by Crippen LogP contribution is 2.29. The number of amides is 1. The van der Waals surface area contributed by atoms with E-state index in [1.807, 2.05) is 0 Å². The fourth-order valence-electron chi connectivity index (χ4n) is 1.63. The van der Waals surface area contributed by atoms with Crippen LogP contribution in [-0.2, 0) is 4.79 Å². The van der Waals surface area contributed by atoms with Crippen molar-refractivity contribution in [2.45, 2.75) is 10.8 Å². The molecule has 118 valence electrons. The zero-order valence-corrected chi connectivity index (χ0v) is 13.8. The van der Waals surface area contributed by atoms with Gasteiger partial charge in [-0.05, 0) is 12.1 Å². The molecule has 9 heteroatoms. The molecule has 1 aromatic heterocycles. The van der Waals surface area contributed by atoms with Crippen molar-refractivity contribution in [3.63, 3.8) is 0 Å². The van der Waals surface area contributed by atoms with Crippen LogP contribution in [0.2, 0.25) is 0 Å². The fourth-order valence-corrected chi connectivity index (χ4v) is 3.28. The van der Waals surface area contributed by atoms with E-state index in [-0.39, 0.29) is 5.91 Å². The van der Waals surface area contributed by atoms with Gasteiger partial charge >= 0.3 is 0 Å². The number of carbonyl (C=O) groups excluding carboxylic acids is 1. The Kier molecular flexibility index (Phi) is 5.84. The van der Waals surface area contributed by atoms with E-state index in [1.54, 1.807) is 32.4 Å². The summed E-state index contributed by atoms with van der Waals surface area (Å²) in [6.45, 7) is 0. The molecule has 1 aromatic carbocycles. The zero-order valence-electron chi connectivity index (χ0n) is 12.2. The normalized spacial score (nSPS) is 10.3. The van der Waals surface area contributed by atoms with Gasteiger partial charge in [0.15, 0.2) is 4.34 Å². The quantitative estimate of drug-likeness (QED) is 0.746. The summed E-state index contributed by atoms with van der Waals surface area (Å²) in [4.78, 5) is 12.0. The molecule has 0 aliphatic carbocycles. The van der Waals surface area contributed by atoms with Gasteiger partial charge in [0, 0.05) is 18.2 Å². The summed E-state index contributed by atoms with van der Waals surface area (Å²) in [6.07, 6.45) is 0.338. The van der Waals surface area contributed by atoms with Crippen molar-refractivity contribution in [1.82, 2.24) is 10.2 Å². The van der Waals surface area contributed by atoms with Gasteiger partial charge in [-0.15, -0.1) is 10.2 Å². The summed E-state index contributed by atoms with van der Waals surface area (Å²) in [5, 5.41) is 10.8. The molecular formula is C13H16N4O3S2. The first-order valence-corrected chi connectivity index (χ1v) is 8.16. The molecule has 0 aliphatic rings. The number of anilines is 2. The van der Waals surface area contributed by atoms with Gasteiger partial charge in [-0.2, -0.15) is 0 Å². The third-order valence-electron chi connectivity index (χ3n) is 2.66. The maximum absolute atomic E-state index is 12.0. The van der Waals surface area contributed by atoms with E-state index >= 15 is 0 Å². The molecule has 0 radical (unpaired) electrons. The highest BCUT2D eigenvalue weighted by atomic mass is 32.2. The smallest absolute Gasteiger partial charge is 0.225 e. The van der Waals surface area contributed by atoms with Crippen molar-refractivity contribution in [3.05, 3.63) is 18.2 Å². The Hall–Kier alpha value is -2.00. The molecule has 0 saturated heterocycles. The van der Waals surface area contributed by atoms with Crippen molar-refractivity contribution >= 4 is 39.8 Å². The van der Waals surface area contributed by atoms with E-state index in [2.05, 4.69) is 15.5 Å². The van der Waals surface area contributed by atoms with Crippen LogP contribution in [0.3, 0.4) is 0 Å². The lowest BCUT2D eigenvalue weighted by molar-refractivity contribution is -0.115. The first-order chi connectivity index (χ1) is 10.6. The van der Waals surface area contributed by atoms with Crippen molar-refractivity contribution in [3.8, 4) is 11.5 Å². The molecule has 1 amide bonds. The average Bonchev–Trinajstić information content (AvgIpc) is 2.92. The van der Waals surface area contributed by atoms with Crippen LogP contribution in [0.15, 0.2) is 22.5 Å². The lowest BCUT2D eigenvalue weighted by atomic mass is 10.2. The highest BCUT2D eigenvalue weighted by molar-refractivity contribution is 8.01. The van der Waals surface area contributed by atoms with Crippen molar-refractivity contribution in [2.24, 2.45) is 0 Å². The van der Waals surface area contributed by atoms with Crippen LogP contribution in [0.4, 0.5) is 10.8 Å². The van der Waals surface area contributed by atoms with Crippen LogP contribution in [-0.4, -0.2) is 36.1 Å². The molecule has 1 heterocycles. The predicted molar refractivity (Wildman–Crippen MR) is 87.8 cm³/mol. The van der Waals surface area contributed by atoms with Gasteiger partial charge in [0.25, 0.3) is 0 Å². The van der Waals surface area contributed by atoms with Crippen LogP contribution >= 0.6 is 23.1 Å². The maximum Gasteiger partial charge on any atom is 0.225 e. The van der Waals surface area contributed by atoms with Crippen LogP contribution in [0.5, 0.6) is 11.5 Å². The Labute approximate surface area is 136 Å². The second kappa shape index (κ2) is 7.85. The second-order valence-corrected chi connectivity index (χ2v) is 6.47. The molecule has 3 N–H and O–H groups in total. The minimum atomic E-state index is -0.114. The Morgan fingerprint density at radius 2 is 2.18 bits per heavy atom. The number of aromatic nitrogens is 2. The molecule has 7 nitrogen and oxygen atoms in total. The maximum atomic E-state index is 12.0. The van der Waals surface area contributed by atoms with Gasteiger partial charge in [-0.3, -0.25) is 4.79 Å². The minimum absolute atomic E-state index is 0.114. The molecular weight excluding hydrogens is 324 g/mol. The van der Waals surface area contributed by atoms with E-state index in [0.29, 0.717) is 34.5 Å². The number of ether oxygens (including phenoxy) is 2. The van der Waals surface area contributed by atoms with Crippen LogP contribution < -0.4 is 20.5 Å². The lowest BCUT2D eigenvalue weighted by Gasteiger charge is -2.11. The van der Waals surface area contributed by atoms with E-state index in [9.17, 15) is 4.79 Å². The predicted octanol–water partition coefficient (Wildman–Crippen LogP) is 2.26. The molecule has 0 aliphatic heterocycles. The number of nitrogens with one attached hydrogen (secondary N) is 1. The third kappa shape index (κ3) is 4.50. The fraction of sp³-hybridized carbons (Fsp3) is 0.308. The van der Waals surface area contributed by atoms with Gasteiger partial charge < -0.3 is 20.5 Å². The minimum Gasteiger partial charge on any atom is -0.497 e. The van der Waals surface area contributed by atoms with Crippen molar-refractivity contribution in [2.75, 3.05) is 31.0 Å².